The molecular formula is C12H12N2O2S2. The van der Waals surface area contributed by atoms with Gasteiger partial charge in [0.15, 0.2) is 10.9 Å². The summed E-state index contributed by atoms with van der Waals surface area (Å²) in [5.41, 5.74) is 0.674. The lowest BCUT2D eigenvalue weighted by Gasteiger charge is -2.11. The van der Waals surface area contributed by atoms with Crippen molar-refractivity contribution < 1.29 is 9.59 Å². The molecule has 0 aliphatic rings. The van der Waals surface area contributed by atoms with Crippen LogP contribution < -0.4 is 4.90 Å². The zero-order valence-corrected chi connectivity index (χ0v) is 11.9. The Morgan fingerprint density at radius 2 is 2.11 bits per heavy atom. The van der Waals surface area contributed by atoms with E-state index < -0.39 is 0 Å². The Morgan fingerprint density at radius 3 is 2.61 bits per heavy atom. The summed E-state index contributed by atoms with van der Waals surface area (Å²) in [6.07, 6.45) is 0. The van der Waals surface area contributed by atoms with Gasteiger partial charge >= 0.3 is 0 Å². The van der Waals surface area contributed by atoms with Crippen molar-refractivity contribution in [2.24, 2.45) is 0 Å². The zero-order chi connectivity index (χ0) is 13.3. The van der Waals surface area contributed by atoms with Gasteiger partial charge in [-0.25, -0.2) is 4.98 Å². The van der Waals surface area contributed by atoms with Gasteiger partial charge in [0.25, 0.3) is 5.91 Å². The number of hydrogen-bond donors (Lipinski definition) is 0. The van der Waals surface area contributed by atoms with Gasteiger partial charge in [-0.3, -0.25) is 14.5 Å². The molecule has 0 radical (unpaired) electrons. The Kier molecular flexibility index (Phi) is 3.58. The highest BCUT2D eigenvalue weighted by atomic mass is 32.1. The van der Waals surface area contributed by atoms with Crippen molar-refractivity contribution >= 4 is 39.5 Å². The van der Waals surface area contributed by atoms with Gasteiger partial charge in [0.1, 0.15) is 0 Å². The number of carbonyl (C=O) groups is 2. The second-order valence-corrected chi connectivity index (χ2v) is 5.73. The van der Waals surface area contributed by atoms with Crippen LogP contribution in [0, 0.1) is 6.92 Å². The topological polar surface area (TPSA) is 50.3 Å². The van der Waals surface area contributed by atoms with Crippen molar-refractivity contribution in [2.75, 3.05) is 11.9 Å². The first-order valence-electron chi connectivity index (χ1n) is 5.30. The zero-order valence-electron chi connectivity index (χ0n) is 10.3. The van der Waals surface area contributed by atoms with Crippen molar-refractivity contribution in [3.8, 4) is 0 Å². The molecule has 1 amide bonds. The molecule has 2 aromatic rings. The van der Waals surface area contributed by atoms with E-state index in [-0.39, 0.29) is 11.7 Å². The average Bonchev–Trinajstić information content (AvgIpc) is 2.95. The number of carbonyl (C=O) groups excluding carboxylic acids is 2. The molecule has 0 aliphatic carbocycles. The Bertz CT molecular complexity index is 587. The molecule has 0 fully saturated rings. The Hall–Kier alpha value is -1.53. The van der Waals surface area contributed by atoms with E-state index in [2.05, 4.69) is 4.98 Å². The van der Waals surface area contributed by atoms with E-state index in [0.29, 0.717) is 20.6 Å². The number of amides is 1. The lowest BCUT2D eigenvalue weighted by atomic mass is 10.3. The van der Waals surface area contributed by atoms with Crippen LogP contribution in [0.25, 0.3) is 0 Å². The molecule has 0 bridgehead atoms. The van der Waals surface area contributed by atoms with E-state index in [1.54, 1.807) is 20.0 Å². The molecule has 6 heteroatoms. The highest BCUT2D eigenvalue weighted by molar-refractivity contribution is 7.18. The Balaban J connectivity index is 2.29. The average molecular weight is 280 g/mol. The largest absolute Gasteiger partial charge is 0.294 e. The van der Waals surface area contributed by atoms with E-state index in [0.717, 1.165) is 0 Å². The predicted octanol–water partition coefficient (Wildman–Crippen LogP) is 2.99. The first-order valence-corrected chi connectivity index (χ1v) is 7.00. The van der Waals surface area contributed by atoms with Gasteiger partial charge in [-0.15, -0.1) is 11.3 Å². The number of hydrogen-bond acceptors (Lipinski definition) is 5. The number of nitrogens with zero attached hydrogens (tertiary/aromatic N) is 2. The van der Waals surface area contributed by atoms with E-state index in [1.165, 1.54) is 34.5 Å². The number of ketones is 1. The molecule has 0 saturated carbocycles. The van der Waals surface area contributed by atoms with E-state index in [4.69, 9.17) is 0 Å². The van der Waals surface area contributed by atoms with Crippen molar-refractivity contribution in [3.63, 3.8) is 0 Å². The van der Waals surface area contributed by atoms with Gasteiger partial charge < -0.3 is 0 Å². The maximum absolute atomic E-state index is 12.1. The summed E-state index contributed by atoms with van der Waals surface area (Å²) < 4.78 is 0. The van der Waals surface area contributed by atoms with Crippen molar-refractivity contribution in [1.82, 2.24) is 4.98 Å². The van der Waals surface area contributed by atoms with Crippen LogP contribution in [0.3, 0.4) is 0 Å². The molecule has 94 valence electrons. The fourth-order valence-corrected chi connectivity index (χ4v) is 3.13. The molecule has 0 spiro atoms. The summed E-state index contributed by atoms with van der Waals surface area (Å²) in [4.78, 5) is 30.5. The molecule has 0 atom stereocenters. The highest BCUT2D eigenvalue weighted by Gasteiger charge is 2.20. The monoisotopic (exact) mass is 280 g/mol. The van der Waals surface area contributed by atoms with Crippen LogP contribution in [0.5, 0.6) is 0 Å². The first kappa shape index (κ1) is 12.9. The number of thiazole rings is 1. The predicted molar refractivity (Wildman–Crippen MR) is 73.9 cm³/mol. The summed E-state index contributed by atoms with van der Waals surface area (Å²) in [6.45, 7) is 3.28. The Labute approximate surface area is 113 Å². The minimum absolute atomic E-state index is 0.0202. The van der Waals surface area contributed by atoms with Crippen LogP contribution in [-0.2, 0) is 0 Å². The number of thiophene rings is 1. The fourth-order valence-electron chi connectivity index (χ4n) is 1.50. The fraction of sp³-hybridized carbons (Fsp3) is 0.250. The highest BCUT2D eigenvalue weighted by Crippen LogP contribution is 2.27. The van der Waals surface area contributed by atoms with Gasteiger partial charge in [0, 0.05) is 14.0 Å². The number of aryl methyl sites for hydroxylation is 1. The molecule has 0 unspecified atom stereocenters. The summed E-state index contributed by atoms with van der Waals surface area (Å²) in [5, 5.41) is 2.41. The minimum Gasteiger partial charge on any atom is -0.294 e. The van der Waals surface area contributed by atoms with Crippen molar-refractivity contribution in [1.29, 1.82) is 0 Å². The van der Waals surface area contributed by atoms with Gasteiger partial charge in [0.2, 0.25) is 0 Å². The number of Topliss-reactive ketones (excluding diaryl/α,β-unsaturated/α-hetero) is 1. The van der Waals surface area contributed by atoms with Crippen molar-refractivity contribution in [3.05, 3.63) is 33.0 Å². The first-order chi connectivity index (χ1) is 8.50. The van der Waals surface area contributed by atoms with E-state index >= 15 is 0 Å². The summed E-state index contributed by atoms with van der Waals surface area (Å²) in [6, 6.07) is 3.61. The maximum Gasteiger partial charge on any atom is 0.269 e. The normalized spacial score (nSPS) is 10.4. The maximum atomic E-state index is 12.1. The third-order valence-electron chi connectivity index (χ3n) is 2.43. The molecular weight excluding hydrogens is 268 g/mol. The Morgan fingerprint density at radius 1 is 1.39 bits per heavy atom. The molecule has 0 N–H and O–H groups in total. The lowest BCUT2D eigenvalue weighted by Crippen LogP contribution is -2.25. The van der Waals surface area contributed by atoms with Crippen LogP contribution in [-0.4, -0.2) is 23.7 Å². The molecule has 0 saturated heterocycles. The summed E-state index contributed by atoms with van der Waals surface area (Å²) in [5.74, 6) is -0.123. The summed E-state index contributed by atoms with van der Waals surface area (Å²) in [7, 11) is 1.67. The smallest absolute Gasteiger partial charge is 0.269 e. The van der Waals surface area contributed by atoms with Gasteiger partial charge in [-0.2, -0.15) is 0 Å². The number of aromatic nitrogens is 1. The molecule has 18 heavy (non-hydrogen) atoms. The molecule has 0 aromatic carbocycles. The number of anilines is 1. The van der Waals surface area contributed by atoms with Gasteiger partial charge in [-0.05, 0) is 18.4 Å². The second-order valence-electron chi connectivity index (χ2n) is 3.81. The molecule has 2 heterocycles. The molecule has 0 aliphatic heterocycles. The summed E-state index contributed by atoms with van der Waals surface area (Å²) >= 11 is 2.64. The molecule has 2 rings (SSSR count). The van der Waals surface area contributed by atoms with Crippen LogP contribution >= 0.6 is 22.7 Å². The lowest BCUT2D eigenvalue weighted by molar-refractivity contribution is 0.0994. The van der Waals surface area contributed by atoms with Gasteiger partial charge in [-0.1, -0.05) is 17.4 Å². The molecule has 4 nitrogen and oxygen atoms in total. The van der Waals surface area contributed by atoms with Crippen molar-refractivity contribution in [2.45, 2.75) is 13.8 Å². The molecule has 2 aromatic heterocycles. The van der Waals surface area contributed by atoms with Crippen LogP contribution in [0.1, 0.15) is 32.0 Å². The SMILES string of the molecule is CC(=O)c1sc(N(C)C(=O)c2cccs2)nc1C. The third kappa shape index (κ3) is 2.34. The van der Waals surface area contributed by atoms with Gasteiger partial charge in [0.05, 0.1) is 15.4 Å². The second kappa shape index (κ2) is 4.99. The number of rotatable bonds is 3. The van der Waals surface area contributed by atoms with Crippen LogP contribution in [0.15, 0.2) is 17.5 Å². The minimum atomic E-state index is -0.103. The van der Waals surface area contributed by atoms with E-state index in [1.807, 2.05) is 11.4 Å². The van der Waals surface area contributed by atoms with E-state index in [9.17, 15) is 9.59 Å². The quantitative estimate of drug-likeness (QED) is 0.812. The van der Waals surface area contributed by atoms with Crippen LogP contribution in [0.4, 0.5) is 5.13 Å². The third-order valence-corrected chi connectivity index (χ3v) is 4.62. The van der Waals surface area contributed by atoms with Crippen LogP contribution in [0.2, 0.25) is 0 Å². The standard InChI is InChI=1S/C12H12N2O2S2/c1-7-10(8(2)15)18-12(13-7)14(3)11(16)9-5-4-6-17-9/h4-6H,1-3H3.